The van der Waals surface area contributed by atoms with E-state index in [0.29, 0.717) is 6.04 Å². The number of ether oxygens (including phenoxy) is 2. The second kappa shape index (κ2) is 5.45. The van der Waals surface area contributed by atoms with E-state index in [-0.39, 0.29) is 5.60 Å². The van der Waals surface area contributed by atoms with Crippen LogP contribution in [0.5, 0.6) is 0 Å². The van der Waals surface area contributed by atoms with Crippen LogP contribution < -0.4 is 5.32 Å². The average molecular weight is 228 g/mol. The van der Waals surface area contributed by atoms with E-state index in [1.807, 2.05) is 7.11 Å². The first-order valence-electron chi connectivity index (χ1n) is 6.30. The van der Waals surface area contributed by atoms with Crippen LogP contribution in [0.3, 0.4) is 0 Å². The van der Waals surface area contributed by atoms with Gasteiger partial charge in [0.05, 0.1) is 18.8 Å². The standard InChI is InChI=1S/C12H24N2O2/c1-12(15-2)4-3-6-14(10-12)8-11-9-16-7-5-13-11/h11,13H,3-10H2,1-2H3. The second-order valence-electron chi connectivity index (χ2n) is 5.22. The highest BCUT2D eigenvalue weighted by Gasteiger charge is 2.31. The molecule has 0 saturated carbocycles. The summed E-state index contributed by atoms with van der Waals surface area (Å²) in [6, 6.07) is 0.493. The third-order valence-electron chi connectivity index (χ3n) is 3.71. The molecule has 1 N–H and O–H groups in total. The fourth-order valence-electron chi connectivity index (χ4n) is 2.68. The van der Waals surface area contributed by atoms with E-state index in [1.165, 1.54) is 19.4 Å². The zero-order valence-electron chi connectivity index (χ0n) is 10.5. The first kappa shape index (κ1) is 12.3. The number of methoxy groups -OCH3 is 1. The minimum atomic E-state index is 0.0494. The smallest absolute Gasteiger partial charge is 0.0777 e. The maximum absolute atomic E-state index is 5.60. The molecule has 2 heterocycles. The van der Waals surface area contributed by atoms with Gasteiger partial charge in [-0.05, 0) is 26.3 Å². The van der Waals surface area contributed by atoms with Gasteiger partial charge in [0.15, 0.2) is 0 Å². The maximum atomic E-state index is 5.60. The molecule has 2 fully saturated rings. The highest BCUT2D eigenvalue weighted by molar-refractivity contribution is 4.86. The van der Waals surface area contributed by atoms with Crippen molar-refractivity contribution in [2.75, 3.05) is 46.5 Å². The van der Waals surface area contributed by atoms with Crippen molar-refractivity contribution in [1.82, 2.24) is 10.2 Å². The summed E-state index contributed by atoms with van der Waals surface area (Å²) in [5, 5.41) is 3.50. The number of likely N-dealkylation sites (tertiary alicyclic amines) is 1. The van der Waals surface area contributed by atoms with Gasteiger partial charge in [0.1, 0.15) is 0 Å². The van der Waals surface area contributed by atoms with Gasteiger partial charge in [0.25, 0.3) is 0 Å². The summed E-state index contributed by atoms with van der Waals surface area (Å²) in [5.74, 6) is 0. The lowest BCUT2D eigenvalue weighted by Gasteiger charge is -2.41. The molecule has 0 radical (unpaired) electrons. The van der Waals surface area contributed by atoms with Gasteiger partial charge >= 0.3 is 0 Å². The Morgan fingerprint density at radius 2 is 2.44 bits per heavy atom. The highest BCUT2D eigenvalue weighted by atomic mass is 16.5. The molecular formula is C12H24N2O2. The monoisotopic (exact) mass is 228 g/mol. The van der Waals surface area contributed by atoms with E-state index in [2.05, 4.69) is 17.1 Å². The Bertz CT molecular complexity index is 219. The number of piperidine rings is 1. The molecule has 0 aromatic heterocycles. The topological polar surface area (TPSA) is 33.7 Å². The number of nitrogens with one attached hydrogen (secondary N) is 1. The fourth-order valence-corrected chi connectivity index (χ4v) is 2.68. The number of morpholine rings is 1. The zero-order chi connectivity index (χ0) is 11.4. The molecule has 0 bridgehead atoms. The summed E-state index contributed by atoms with van der Waals surface area (Å²) >= 11 is 0. The van der Waals surface area contributed by atoms with E-state index < -0.39 is 0 Å². The van der Waals surface area contributed by atoms with Crippen molar-refractivity contribution in [2.45, 2.75) is 31.4 Å². The molecule has 0 aromatic rings. The normalized spacial score (nSPS) is 37.5. The van der Waals surface area contributed by atoms with Gasteiger partial charge in [-0.3, -0.25) is 4.90 Å². The number of rotatable bonds is 3. The maximum Gasteiger partial charge on any atom is 0.0777 e. The Hall–Kier alpha value is -0.160. The van der Waals surface area contributed by atoms with Gasteiger partial charge in [-0.15, -0.1) is 0 Å². The average Bonchev–Trinajstić information content (AvgIpc) is 2.30. The van der Waals surface area contributed by atoms with E-state index in [4.69, 9.17) is 9.47 Å². The largest absolute Gasteiger partial charge is 0.378 e. The van der Waals surface area contributed by atoms with Crippen molar-refractivity contribution >= 4 is 0 Å². The Kier molecular flexibility index (Phi) is 4.19. The Labute approximate surface area is 98.3 Å². The molecule has 4 nitrogen and oxygen atoms in total. The van der Waals surface area contributed by atoms with E-state index in [0.717, 1.165) is 32.8 Å². The molecule has 0 spiro atoms. The molecular weight excluding hydrogens is 204 g/mol. The Balaban J connectivity index is 1.80. The minimum absolute atomic E-state index is 0.0494. The quantitative estimate of drug-likeness (QED) is 0.761. The molecule has 2 aliphatic rings. The van der Waals surface area contributed by atoms with Crippen LogP contribution in [0.1, 0.15) is 19.8 Å². The van der Waals surface area contributed by atoms with Crippen LogP contribution in [-0.2, 0) is 9.47 Å². The molecule has 94 valence electrons. The highest BCUT2D eigenvalue weighted by Crippen LogP contribution is 2.23. The number of nitrogens with zero attached hydrogens (tertiary/aromatic N) is 1. The molecule has 0 aliphatic carbocycles. The van der Waals surface area contributed by atoms with Crippen LogP contribution in [0.2, 0.25) is 0 Å². The number of hydrogen-bond donors (Lipinski definition) is 1. The van der Waals surface area contributed by atoms with Gasteiger partial charge in [-0.1, -0.05) is 0 Å². The molecule has 2 atom stereocenters. The molecule has 4 heteroatoms. The summed E-state index contributed by atoms with van der Waals surface area (Å²) in [4.78, 5) is 2.50. The second-order valence-corrected chi connectivity index (χ2v) is 5.22. The van der Waals surface area contributed by atoms with Gasteiger partial charge < -0.3 is 14.8 Å². The predicted octanol–water partition coefficient (Wildman–Crippen LogP) is 0.476. The van der Waals surface area contributed by atoms with Crippen LogP contribution in [0.15, 0.2) is 0 Å². The SMILES string of the molecule is COC1(C)CCCN(CC2COCCN2)C1. The van der Waals surface area contributed by atoms with Crippen LogP contribution >= 0.6 is 0 Å². The molecule has 2 aliphatic heterocycles. The molecule has 0 aromatic carbocycles. The van der Waals surface area contributed by atoms with Crippen molar-refractivity contribution in [3.05, 3.63) is 0 Å². The van der Waals surface area contributed by atoms with Crippen molar-refractivity contribution in [3.8, 4) is 0 Å². The third-order valence-corrected chi connectivity index (χ3v) is 3.71. The summed E-state index contributed by atoms with van der Waals surface area (Å²) < 4.78 is 11.1. The lowest BCUT2D eigenvalue weighted by Crippen LogP contribution is -2.54. The van der Waals surface area contributed by atoms with Gasteiger partial charge in [0.2, 0.25) is 0 Å². The predicted molar refractivity (Wildman–Crippen MR) is 63.7 cm³/mol. The fraction of sp³-hybridized carbons (Fsp3) is 1.00. The molecule has 2 rings (SSSR count). The van der Waals surface area contributed by atoms with Gasteiger partial charge in [-0.2, -0.15) is 0 Å². The summed E-state index contributed by atoms with van der Waals surface area (Å²) in [7, 11) is 1.82. The first-order chi connectivity index (χ1) is 7.72. The zero-order valence-corrected chi connectivity index (χ0v) is 10.5. The van der Waals surface area contributed by atoms with Crippen LogP contribution in [-0.4, -0.2) is 63.0 Å². The third kappa shape index (κ3) is 3.17. The lowest BCUT2D eigenvalue weighted by molar-refractivity contribution is -0.0559. The molecule has 2 unspecified atom stereocenters. The van der Waals surface area contributed by atoms with Crippen LogP contribution in [0.25, 0.3) is 0 Å². The van der Waals surface area contributed by atoms with Gasteiger partial charge in [0, 0.05) is 32.8 Å². The Morgan fingerprint density at radius 3 is 3.12 bits per heavy atom. The van der Waals surface area contributed by atoms with E-state index in [1.54, 1.807) is 0 Å². The van der Waals surface area contributed by atoms with E-state index >= 15 is 0 Å². The summed E-state index contributed by atoms with van der Waals surface area (Å²) in [6.07, 6.45) is 2.41. The van der Waals surface area contributed by atoms with Gasteiger partial charge in [-0.25, -0.2) is 0 Å². The van der Waals surface area contributed by atoms with E-state index in [9.17, 15) is 0 Å². The molecule has 16 heavy (non-hydrogen) atoms. The minimum Gasteiger partial charge on any atom is -0.378 e. The van der Waals surface area contributed by atoms with Crippen molar-refractivity contribution in [2.24, 2.45) is 0 Å². The van der Waals surface area contributed by atoms with Crippen molar-refractivity contribution < 1.29 is 9.47 Å². The molecule has 0 amide bonds. The van der Waals surface area contributed by atoms with Crippen LogP contribution in [0, 0.1) is 0 Å². The van der Waals surface area contributed by atoms with Crippen molar-refractivity contribution in [1.29, 1.82) is 0 Å². The first-order valence-corrected chi connectivity index (χ1v) is 6.30. The summed E-state index contributed by atoms with van der Waals surface area (Å²) in [6.45, 7) is 8.22. The molecule has 2 saturated heterocycles. The number of hydrogen-bond acceptors (Lipinski definition) is 4. The lowest BCUT2D eigenvalue weighted by atomic mass is 9.94. The Morgan fingerprint density at radius 1 is 1.56 bits per heavy atom. The van der Waals surface area contributed by atoms with Crippen LogP contribution in [0.4, 0.5) is 0 Å². The van der Waals surface area contributed by atoms with Crippen molar-refractivity contribution in [3.63, 3.8) is 0 Å². The summed E-state index contributed by atoms with van der Waals surface area (Å²) in [5.41, 5.74) is 0.0494.